The average molecular weight is 143 g/mol. The maximum Gasteiger partial charge on any atom is 0.117 e. The van der Waals surface area contributed by atoms with Gasteiger partial charge in [-0.2, -0.15) is 4.91 Å². The van der Waals surface area contributed by atoms with Crippen LogP contribution in [0.4, 0.5) is 0 Å². The van der Waals surface area contributed by atoms with E-state index in [9.17, 15) is 4.91 Å². The van der Waals surface area contributed by atoms with Crippen LogP contribution in [0.3, 0.4) is 0 Å². The smallest absolute Gasteiger partial charge is 0.117 e. The van der Waals surface area contributed by atoms with Gasteiger partial charge in [-0.1, -0.05) is 5.18 Å². The van der Waals surface area contributed by atoms with Crippen molar-refractivity contribution in [2.45, 2.75) is 6.04 Å². The quantitative estimate of drug-likeness (QED) is 0.510. The standard InChI is InChI=1S/C6H13N3O/c1-9-3-2-7-4-6(5-9)8-10/h6-7H,2-5H2,1H3. The molecule has 1 aliphatic heterocycles. The molecule has 0 spiro atoms. The Morgan fingerprint density at radius 1 is 1.70 bits per heavy atom. The molecule has 1 saturated heterocycles. The van der Waals surface area contributed by atoms with E-state index in [0.717, 1.165) is 26.2 Å². The highest BCUT2D eigenvalue weighted by Gasteiger charge is 2.14. The molecule has 1 aliphatic rings. The molecule has 1 unspecified atom stereocenters. The van der Waals surface area contributed by atoms with Gasteiger partial charge in [-0.05, 0) is 7.05 Å². The molecule has 4 heteroatoms. The lowest BCUT2D eigenvalue weighted by Crippen LogP contribution is -2.28. The van der Waals surface area contributed by atoms with Gasteiger partial charge in [0.1, 0.15) is 6.04 Å². The Bertz CT molecular complexity index is 118. The topological polar surface area (TPSA) is 44.7 Å². The highest BCUT2D eigenvalue weighted by molar-refractivity contribution is 4.76. The van der Waals surface area contributed by atoms with Gasteiger partial charge in [0, 0.05) is 26.2 Å². The van der Waals surface area contributed by atoms with Crippen LogP contribution in [0.25, 0.3) is 0 Å². The molecule has 10 heavy (non-hydrogen) atoms. The van der Waals surface area contributed by atoms with E-state index >= 15 is 0 Å². The molecule has 4 nitrogen and oxygen atoms in total. The van der Waals surface area contributed by atoms with Gasteiger partial charge in [-0.25, -0.2) is 0 Å². The van der Waals surface area contributed by atoms with Crippen molar-refractivity contribution in [3.63, 3.8) is 0 Å². The fourth-order valence-corrected chi connectivity index (χ4v) is 1.12. The fraction of sp³-hybridized carbons (Fsp3) is 1.00. The summed E-state index contributed by atoms with van der Waals surface area (Å²) < 4.78 is 0. The summed E-state index contributed by atoms with van der Waals surface area (Å²) in [5.74, 6) is 0. The van der Waals surface area contributed by atoms with Crippen LogP contribution < -0.4 is 5.32 Å². The van der Waals surface area contributed by atoms with E-state index < -0.39 is 0 Å². The Morgan fingerprint density at radius 2 is 2.50 bits per heavy atom. The summed E-state index contributed by atoms with van der Waals surface area (Å²) in [4.78, 5) is 12.3. The Labute approximate surface area is 60.6 Å². The monoisotopic (exact) mass is 143 g/mol. The van der Waals surface area contributed by atoms with E-state index in [0.29, 0.717) is 0 Å². The van der Waals surface area contributed by atoms with Gasteiger partial charge in [-0.3, -0.25) is 0 Å². The lowest BCUT2D eigenvalue weighted by atomic mass is 10.3. The summed E-state index contributed by atoms with van der Waals surface area (Å²) in [5, 5.41) is 6.15. The summed E-state index contributed by atoms with van der Waals surface area (Å²) >= 11 is 0. The molecular formula is C6H13N3O. The van der Waals surface area contributed by atoms with Crippen molar-refractivity contribution in [1.29, 1.82) is 0 Å². The first kappa shape index (κ1) is 7.63. The van der Waals surface area contributed by atoms with Crippen molar-refractivity contribution < 1.29 is 0 Å². The highest BCUT2D eigenvalue weighted by Crippen LogP contribution is 1.95. The van der Waals surface area contributed by atoms with Crippen molar-refractivity contribution in [2.75, 3.05) is 33.2 Å². The SMILES string of the molecule is CN1CCNCC(N=O)C1. The predicted octanol–water partition coefficient (Wildman–Crippen LogP) is -0.344. The normalized spacial score (nSPS) is 29.5. The zero-order chi connectivity index (χ0) is 7.40. The average Bonchev–Trinajstić information content (AvgIpc) is 2.13. The van der Waals surface area contributed by atoms with Gasteiger partial charge in [0.05, 0.1) is 0 Å². The van der Waals surface area contributed by atoms with E-state index in [2.05, 4.69) is 15.4 Å². The van der Waals surface area contributed by atoms with E-state index in [1.807, 2.05) is 7.05 Å². The number of likely N-dealkylation sites (N-methyl/N-ethyl adjacent to an activating group) is 1. The van der Waals surface area contributed by atoms with Gasteiger partial charge in [0.25, 0.3) is 0 Å². The van der Waals surface area contributed by atoms with Gasteiger partial charge in [0.2, 0.25) is 0 Å². The third kappa shape index (κ3) is 2.04. The fourth-order valence-electron chi connectivity index (χ4n) is 1.12. The molecule has 1 fully saturated rings. The van der Waals surface area contributed by atoms with E-state index in [1.165, 1.54) is 0 Å². The maximum absolute atomic E-state index is 10.1. The summed E-state index contributed by atoms with van der Waals surface area (Å²) in [6.07, 6.45) is 0. The van der Waals surface area contributed by atoms with E-state index in [-0.39, 0.29) is 6.04 Å². The van der Waals surface area contributed by atoms with Crippen molar-refractivity contribution >= 4 is 0 Å². The second-order valence-corrected chi connectivity index (χ2v) is 2.73. The third-order valence-corrected chi connectivity index (χ3v) is 1.72. The Kier molecular flexibility index (Phi) is 2.77. The number of nitroso groups, excluding NO2 is 1. The van der Waals surface area contributed by atoms with Crippen LogP contribution in [0.1, 0.15) is 0 Å². The first-order chi connectivity index (χ1) is 4.83. The molecule has 0 bridgehead atoms. The Balaban J connectivity index is 2.37. The molecule has 1 rings (SSSR count). The summed E-state index contributed by atoms with van der Waals surface area (Å²) in [5.41, 5.74) is 0. The van der Waals surface area contributed by atoms with E-state index in [4.69, 9.17) is 0 Å². The first-order valence-electron chi connectivity index (χ1n) is 3.54. The largest absolute Gasteiger partial charge is 0.313 e. The number of hydrogen-bond acceptors (Lipinski definition) is 4. The number of nitrogens with one attached hydrogen (secondary N) is 1. The van der Waals surface area contributed by atoms with Crippen LogP contribution in [0, 0.1) is 4.91 Å². The van der Waals surface area contributed by atoms with Gasteiger partial charge in [-0.15, -0.1) is 0 Å². The summed E-state index contributed by atoms with van der Waals surface area (Å²) in [6, 6.07) is -0.0625. The minimum absolute atomic E-state index is 0.0625. The molecule has 1 heterocycles. The molecule has 0 amide bonds. The second kappa shape index (κ2) is 3.63. The molecule has 0 aromatic carbocycles. The number of hydrogen-bond donors (Lipinski definition) is 1. The Morgan fingerprint density at radius 3 is 3.20 bits per heavy atom. The lowest BCUT2D eigenvalue weighted by Gasteiger charge is -2.12. The molecule has 1 atom stereocenters. The highest BCUT2D eigenvalue weighted by atomic mass is 16.3. The number of rotatable bonds is 1. The Hall–Kier alpha value is -0.480. The molecule has 0 saturated carbocycles. The van der Waals surface area contributed by atoms with Crippen molar-refractivity contribution in [3.8, 4) is 0 Å². The van der Waals surface area contributed by atoms with Crippen LogP contribution in [0.2, 0.25) is 0 Å². The predicted molar refractivity (Wildman–Crippen MR) is 39.9 cm³/mol. The van der Waals surface area contributed by atoms with Crippen molar-refractivity contribution in [1.82, 2.24) is 10.2 Å². The molecular weight excluding hydrogens is 130 g/mol. The number of nitrogens with zero attached hydrogens (tertiary/aromatic N) is 2. The molecule has 0 aromatic rings. The maximum atomic E-state index is 10.1. The third-order valence-electron chi connectivity index (χ3n) is 1.72. The molecule has 0 aromatic heterocycles. The second-order valence-electron chi connectivity index (χ2n) is 2.73. The zero-order valence-corrected chi connectivity index (χ0v) is 6.21. The minimum Gasteiger partial charge on any atom is -0.313 e. The molecule has 0 radical (unpaired) electrons. The summed E-state index contributed by atoms with van der Waals surface area (Å²) in [6.45, 7) is 3.49. The lowest BCUT2D eigenvalue weighted by molar-refractivity contribution is 0.342. The first-order valence-corrected chi connectivity index (χ1v) is 3.54. The summed E-state index contributed by atoms with van der Waals surface area (Å²) in [7, 11) is 2.01. The zero-order valence-electron chi connectivity index (χ0n) is 6.21. The van der Waals surface area contributed by atoms with Crippen molar-refractivity contribution in [3.05, 3.63) is 4.91 Å². The van der Waals surface area contributed by atoms with Crippen LogP contribution in [-0.2, 0) is 0 Å². The molecule has 58 valence electrons. The van der Waals surface area contributed by atoms with Crippen LogP contribution in [-0.4, -0.2) is 44.2 Å². The van der Waals surface area contributed by atoms with Crippen molar-refractivity contribution in [2.24, 2.45) is 5.18 Å². The van der Waals surface area contributed by atoms with Crippen LogP contribution >= 0.6 is 0 Å². The van der Waals surface area contributed by atoms with Gasteiger partial charge in [0.15, 0.2) is 0 Å². The van der Waals surface area contributed by atoms with Crippen LogP contribution in [0.15, 0.2) is 5.18 Å². The molecule has 1 N–H and O–H groups in total. The minimum atomic E-state index is -0.0625. The van der Waals surface area contributed by atoms with Crippen LogP contribution in [0.5, 0.6) is 0 Å². The van der Waals surface area contributed by atoms with E-state index in [1.54, 1.807) is 0 Å². The van der Waals surface area contributed by atoms with Gasteiger partial charge < -0.3 is 10.2 Å². The molecule has 0 aliphatic carbocycles. The van der Waals surface area contributed by atoms with Gasteiger partial charge >= 0.3 is 0 Å².